The third kappa shape index (κ3) is 4.01. The fourth-order valence-corrected chi connectivity index (χ4v) is 3.76. The van der Waals surface area contributed by atoms with Crippen molar-refractivity contribution in [3.8, 4) is 41.0 Å². The van der Waals surface area contributed by atoms with E-state index in [1.165, 1.54) is 17.7 Å². The predicted molar refractivity (Wildman–Crippen MR) is 128 cm³/mol. The average molecular weight is 436 g/mol. The molecular formula is C27H21FN4O. The highest BCUT2D eigenvalue weighted by molar-refractivity contribution is 5.94. The summed E-state index contributed by atoms with van der Waals surface area (Å²) in [6.45, 7) is 4.50. The van der Waals surface area contributed by atoms with Gasteiger partial charge in [-0.25, -0.2) is 19.3 Å². The number of nitrogens with zero attached hydrogens (tertiary/aromatic N) is 3. The number of rotatable bonds is 5. The Labute approximate surface area is 190 Å². The predicted octanol–water partition coefficient (Wildman–Crippen LogP) is 6.11. The Bertz CT molecular complexity index is 1510. The topological polar surface area (TPSA) is 63.7 Å². The molecule has 0 spiro atoms. The minimum atomic E-state index is -0.331. The smallest absolute Gasteiger partial charge is 0.196 e. The quantitative estimate of drug-likeness (QED) is 0.337. The maximum absolute atomic E-state index is 13.7. The van der Waals surface area contributed by atoms with Gasteiger partial charge in [0.15, 0.2) is 11.6 Å². The minimum absolute atomic E-state index is 0.179. The number of terminal acetylenes is 1. The first-order chi connectivity index (χ1) is 16.0. The molecule has 6 heteroatoms. The average Bonchev–Trinajstić information content (AvgIpc) is 3.25. The zero-order valence-electron chi connectivity index (χ0n) is 18.3. The normalized spacial score (nSPS) is 11.2. The number of halogens is 1. The van der Waals surface area contributed by atoms with Crippen molar-refractivity contribution in [1.82, 2.24) is 19.9 Å². The largest absolute Gasteiger partial charge is 0.481 e. The number of imidazole rings is 1. The number of aromatic nitrogens is 4. The Morgan fingerprint density at radius 3 is 2.52 bits per heavy atom. The summed E-state index contributed by atoms with van der Waals surface area (Å²) in [7, 11) is 0. The first-order valence-corrected chi connectivity index (χ1v) is 10.7. The van der Waals surface area contributed by atoms with Gasteiger partial charge >= 0.3 is 0 Å². The zero-order chi connectivity index (χ0) is 22.9. The summed E-state index contributed by atoms with van der Waals surface area (Å²) in [5, 5.41) is 0.840. The molecule has 2 aromatic heterocycles. The molecule has 0 bridgehead atoms. The molecule has 0 fully saturated rings. The van der Waals surface area contributed by atoms with E-state index in [1.807, 2.05) is 18.2 Å². The van der Waals surface area contributed by atoms with Crippen molar-refractivity contribution in [2.75, 3.05) is 6.61 Å². The van der Waals surface area contributed by atoms with Gasteiger partial charge < -0.3 is 9.72 Å². The van der Waals surface area contributed by atoms with E-state index in [2.05, 4.69) is 54.0 Å². The van der Waals surface area contributed by atoms with Gasteiger partial charge in [-0.3, -0.25) is 0 Å². The number of benzene rings is 3. The first kappa shape index (κ1) is 20.7. The van der Waals surface area contributed by atoms with E-state index < -0.39 is 0 Å². The molecule has 5 rings (SSSR count). The molecule has 3 aromatic carbocycles. The fourth-order valence-electron chi connectivity index (χ4n) is 3.76. The standard InChI is InChI=1S/C27H21FN4O/c1-4-13-33-20-10-12-22-21(15-20)25(18-7-5-17(6-8-18)16(2)3)32-27(29-22)26-30-23-11-9-19(28)14-24(23)31-26/h1,5-12,14-16H,13H2,2-3H3,(H,30,31). The summed E-state index contributed by atoms with van der Waals surface area (Å²) < 4.78 is 19.3. The number of ether oxygens (including phenoxy) is 1. The van der Waals surface area contributed by atoms with Gasteiger partial charge in [0.05, 0.1) is 22.2 Å². The lowest BCUT2D eigenvalue weighted by atomic mass is 9.99. The molecule has 0 aliphatic carbocycles. The molecule has 2 heterocycles. The number of fused-ring (bicyclic) bond motifs is 2. The van der Waals surface area contributed by atoms with Crippen LogP contribution in [0, 0.1) is 18.2 Å². The van der Waals surface area contributed by atoms with Crippen molar-refractivity contribution in [2.45, 2.75) is 19.8 Å². The number of hydrogen-bond acceptors (Lipinski definition) is 4. The molecular weight excluding hydrogens is 415 g/mol. The van der Waals surface area contributed by atoms with Crippen molar-refractivity contribution >= 4 is 21.9 Å². The van der Waals surface area contributed by atoms with Crippen LogP contribution in [0.4, 0.5) is 4.39 Å². The maximum atomic E-state index is 13.7. The van der Waals surface area contributed by atoms with Crippen LogP contribution in [0.3, 0.4) is 0 Å². The number of H-pyrrole nitrogens is 1. The second-order valence-corrected chi connectivity index (χ2v) is 8.09. The maximum Gasteiger partial charge on any atom is 0.196 e. The Morgan fingerprint density at radius 1 is 0.970 bits per heavy atom. The lowest BCUT2D eigenvalue weighted by molar-refractivity contribution is 0.371. The van der Waals surface area contributed by atoms with Crippen molar-refractivity contribution < 1.29 is 9.13 Å². The van der Waals surface area contributed by atoms with Crippen LogP contribution in [-0.4, -0.2) is 26.5 Å². The molecule has 0 amide bonds. The summed E-state index contributed by atoms with van der Waals surface area (Å²) in [6.07, 6.45) is 5.34. The van der Waals surface area contributed by atoms with Crippen molar-refractivity contribution in [3.05, 3.63) is 72.0 Å². The van der Waals surface area contributed by atoms with Crippen LogP contribution in [-0.2, 0) is 0 Å². The summed E-state index contributed by atoms with van der Waals surface area (Å²) in [4.78, 5) is 17.3. The van der Waals surface area contributed by atoms with Gasteiger partial charge in [-0.15, -0.1) is 6.42 Å². The van der Waals surface area contributed by atoms with Gasteiger partial charge in [0, 0.05) is 10.9 Å². The summed E-state index contributed by atoms with van der Waals surface area (Å²) in [5.41, 5.74) is 4.93. The van der Waals surface area contributed by atoms with Gasteiger partial charge in [-0.2, -0.15) is 0 Å². The van der Waals surface area contributed by atoms with Crippen LogP contribution in [0.25, 0.3) is 44.8 Å². The lowest BCUT2D eigenvalue weighted by Crippen LogP contribution is -1.98. The Balaban J connectivity index is 1.70. The lowest BCUT2D eigenvalue weighted by Gasteiger charge is -2.11. The van der Waals surface area contributed by atoms with Crippen LogP contribution < -0.4 is 4.74 Å². The van der Waals surface area contributed by atoms with Crippen molar-refractivity contribution in [1.29, 1.82) is 0 Å². The van der Waals surface area contributed by atoms with Crippen LogP contribution in [0.5, 0.6) is 5.75 Å². The van der Waals surface area contributed by atoms with E-state index in [-0.39, 0.29) is 12.4 Å². The van der Waals surface area contributed by atoms with E-state index in [4.69, 9.17) is 21.1 Å². The third-order valence-electron chi connectivity index (χ3n) is 5.50. The van der Waals surface area contributed by atoms with Gasteiger partial charge in [0.2, 0.25) is 0 Å². The highest BCUT2D eigenvalue weighted by Gasteiger charge is 2.16. The van der Waals surface area contributed by atoms with Gasteiger partial charge in [0.1, 0.15) is 18.2 Å². The molecule has 0 atom stereocenters. The minimum Gasteiger partial charge on any atom is -0.481 e. The van der Waals surface area contributed by atoms with Gasteiger partial charge in [0.25, 0.3) is 0 Å². The van der Waals surface area contributed by atoms with Crippen LogP contribution in [0.1, 0.15) is 25.3 Å². The monoisotopic (exact) mass is 436 g/mol. The highest BCUT2D eigenvalue weighted by atomic mass is 19.1. The Morgan fingerprint density at radius 2 is 1.76 bits per heavy atom. The summed E-state index contributed by atoms with van der Waals surface area (Å²) in [6, 6.07) is 18.4. The van der Waals surface area contributed by atoms with Crippen LogP contribution in [0.2, 0.25) is 0 Å². The van der Waals surface area contributed by atoms with Crippen molar-refractivity contribution in [3.63, 3.8) is 0 Å². The molecule has 33 heavy (non-hydrogen) atoms. The summed E-state index contributed by atoms with van der Waals surface area (Å²) >= 11 is 0. The highest BCUT2D eigenvalue weighted by Crippen LogP contribution is 2.32. The number of aromatic amines is 1. The second kappa shape index (κ2) is 8.36. The number of hydrogen-bond donors (Lipinski definition) is 1. The molecule has 0 unspecified atom stereocenters. The van der Waals surface area contributed by atoms with E-state index in [0.29, 0.717) is 34.3 Å². The molecule has 5 nitrogen and oxygen atoms in total. The van der Waals surface area contributed by atoms with Crippen LogP contribution in [0.15, 0.2) is 60.7 Å². The fraction of sp³-hybridized carbons (Fsp3) is 0.148. The van der Waals surface area contributed by atoms with E-state index in [0.717, 1.165) is 22.2 Å². The Hall–Kier alpha value is -4.24. The molecule has 5 aromatic rings. The van der Waals surface area contributed by atoms with E-state index in [1.54, 1.807) is 6.07 Å². The SMILES string of the molecule is C#CCOc1ccc2nc(-c3nc4ccc(F)cc4[nH]3)nc(-c3ccc(C(C)C)cc3)c2c1. The molecule has 0 aliphatic heterocycles. The van der Waals surface area contributed by atoms with Crippen LogP contribution >= 0.6 is 0 Å². The first-order valence-electron chi connectivity index (χ1n) is 10.7. The zero-order valence-corrected chi connectivity index (χ0v) is 18.3. The Kier molecular flexibility index (Phi) is 5.23. The van der Waals surface area contributed by atoms with E-state index in [9.17, 15) is 4.39 Å². The van der Waals surface area contributed by atoms with E-state index >= 15 is 0 Å². The molecule has 162 valence electrons. The third-order valence-corrected chi connectivity index (χ3v) is 5.50. The van der Waals surface area contributed by atoms with Gasteiger partial charge in [-0.1, -0.05) is 44.0 Å². The molecule has 0 aliphatic rings. The van der Waals surface area contributed by atoms with Gasteiger partial charge in [-0.05, 0) is 47.9 Å². The molecule has 1 N–H and O–H groups in total. The second-order valence-electron chi connectivity index (χ2n) is 8.09. The molecule has 0 saturated heterocycles. The number of nitrogens with one attached hydrogen (secondary N) is 1. The van der Waals surface area contributed by atoms with Crippen molar-refractivity contribution in [2.24, 2.45) is 0 Å². The molecule has 0 saturated carbocycles. The summed E-state index contributed by atoms with van der Waals surface area (Å²) in [5.74, 6) is 4.13. The molecule has 0 radical (unpaired) electrons.